The molecule has 2 rings (SSSR count). The Kier molecular flexibility index (Phi) is 7.57. The van der Waals surface area contributed by atoms with Gasteiger partial charge in [-0.3, -0.25) is 0 Å². The molecule has 3 atom stereocenters. The molecule has 5 nitrogen and oxygen atoms in total. The number of urea groups is 1. The molecule has 0 radical (unpaired) electrons. The number of carbonyl (C=O) groups excluding carboxylic acids is 1. The van der Waals surface area contributed by atoms with Crippen LogP contribution in [0.1, 0.15) is 18.1 Å². The molecule has 2 aromatic rings. The topological polar surface area (TPSA) is 70.6 Å². The van der Waals surface area contributed by atoms with Crippen molar-refractivity contribution in [3.63, 3.8) is 0 Å². The van der Waals surface area contributed by atoms with Crippen molar-refractivity contribution in [3.05, 3.63) is 53.6 Å². The fraction of sp³-hybridized carbons (Fsp3) is 0.278. The number of hydrogen-bond acceptors (Lipinski definition) is 3. The van der Waals surface area contributed by atoms with Gasteiger partial charge in [0.2, 0.25) is 0 Å². The monoisotopic (exact) mass is 409 g/mol. The van der Waals surface area contributed by atoms with Crippen LogP contribution in [-0.2, 0) is 16.3 Å². The number of aryl methyl sites for hydroxylation is 2. The third-order valence-electron chi connectivity index (χ3n) is 3.83. The van der Waals surface area contributed by atoms with Crippen LogP contribution in [0.5, 0.6) is 0 Å². The fourth-order valence-electron chi connectivity index (χ4n) is 2.50. The molecule has 0 aliphatic rings. The van der Waals surface area contributed by atoms with Gasteiger partial charge < -0.3 is 5.32 Å². The first kappa shape index (κ1) is 20.8. The van der Waals surface area contributed by atoms with Gasteiger partial charge in [-0.1, -0.05) is 51.4 Å². The Hall–Kier alpha value is -1.48. The molecule has 0 spiro atoms. The van der Waals surface area contributed by atoms with E-state index in [1.807, 2.05) is 50.8 Å². The summed E-state index contributed by atoms with van der Waals surface area (Å²) in [4.78, 5) is 13.1. The van der Waals surface area contributed by atoms with E-state index in [0.717, 1.165) is 28.5 Å². The Bertz CT molecular complexity index is 870. The summed E-state index contributed by atoms with van der Waals surface area (Å²) in [7, 11) is -2.36. The van der Waals surface area contributed by atoms with Gasteiger partial charge in [0.1, 0.15) is 0 Å². The van der Waals surface area contributed by atoms with Crippen molar-refractivity contribution in [3.8, 4) is 0 Å². The highest BCUT2D eigenvalue weighted by Crippen LogP contribution is 2.22. The molecule has 0 aliphatic carbocycles. The van der Waals surface area contributed by atoms with Crippen molar-refractivity contribution < 1.29 is 9.00 Å². The van der Waals surface area contributed by atoms with Gasteiger partial charge in [-0.25, -0.2) is 13.7 Å². The van der Waals surface area contributed by atoms with Crippen molar-refractivity contribution >= 4 is 44.3 Å². The molecule has 26 heavy (non-hydrogen) atoms. The smallest absolute Gasteiger partial charge is 0.306 e. The number of para-hydroxylation sites is 1. The van der Waals surface area contributed by atoms with E-state index < -0.39 is 15.9 Å². The molecule has 3 unspecified atom stereocenters. The summed E-state index contributed by atoms with van der Waals surface area (Å²) in [6, 6.07) is 12.7. The second-order valence-corrected chi connectivity index (χ2v) is 9.60. The average molecular weight is 409 g/mol. The molecular formula is C18H25N3O2P2S. The van der Waals surface area contributed by atoms with Gasteiger partial charge in [0.05, 0.1) is 10.6 Å². The quantitative estimate of drug-likeness (QED) is 0.700. The maximum Gasteiger partial charge on any atom is 0.331 e. The lowest BCUT2D eigenvalue weighted by molar-refractivity contribution is 0.257. The van der Waals surface area contributed by atoms with Crippen LogP contribution in [-0.4, -0.2) is 23.6 Å². The molecular weight excluding hydrogens is 384 g/mol. The molecule has 0 aromatic heterocycles. The standard InChI is InChI=1S/C18H25N3O2P2S/c1-5-14-7-6-8-16(24-3)17(14)19-18(22)20-26(23,21-25-4)15-11-9-13(2)10-12-15/h6-12,24-25H,5H2,1-4H3,(H2,19,20,21,22,23). The van der Waals surface area contributed by atoms with Gasteiger partial charge in [-0.05, 0) is 49.7 Å². The average Bonchev–Trinajstić information content (AvgIpc) is 2.62. The Labute approximate surface area is 159 Å². The molecule has 0 fully saturated rings. The summed E-state index contributed by atoms with van der Waals surface area (Å²) in [6.07, 6.45) is 0.808. The molecule has 2 N–H and O–H groups in total. The van der Waals surface area contributed by atoms with Crippen molar-refractivity contribution in [1.29, 1.82) is 0 Å². The molecule has 0 saturated heterocycles. The molecule has 0 aliphatic heterocycles. The second kappa shape index (κ2) is 9.45. The van der Waals surface area contributed by atoms with Gasteiger partial charge in [0.15, 0.2) is 9.92 Å². The normalized spacial score (nSPS) is 13.8. The highest BCUT2D eigenvalue weighted by atomic mass is 32.2. The number of hydrogen-bond donors (Lipinski definition) is 2. The van der Waals surface area contributed by atoms with Gasteiger partial charge in [-0.15, -0.1) is 0 Å². The van der Waals surface area contributed by atoms with Gasteiger partial charge >= 0.3 is 6.03 Å². The summed E-state index contributed by atoms with van der Waals surface area (Å²) < 4.78 is 20.1. The van der Waals surface area contributed by atoms with E-state index in [9.17, 15) is 9.00 Å². The molecule has 8 heteroatoms. The lowest BCUT2D eigenvalue weighted by Gasteiger charge is -2.17. The summed E-state index contributed by atoms with van der Waals surface area (Å²) in [5.41, 5.74) is 2.92. The number of anilines is 1. The van der Waals surface area contributed by atoms with Crippen LogP contribution in [0, 0.1) is 6.92 Å². The van der Waals surface area contributed by atoms with Crippen LogP contribution in [0.2, 0.25) is 0 Å². The van der Waals surface area contributed by atoms with Crippen LogP contribution >= 0.6 is 17.3 Å². The highest BCUT2D eigenvalue weighted by molar-refractivity contribution is 7.94. The minimum atomic E-state index is -3.02. The van der Waals surface area contributed by atoms with E-state index in [-0.39, 0.29) is 8.73 Å². The zero-order valence-electron chi connectivity index (χ0n) is 15.4. The predicted octanol–water partition coefficient (Wildman–Crippen LogP) is 4.28. The van der Waals surface area contributed by atoms with E-state index in [4.69, 9.17) is 0 Å². The van der Waals surface area contributed by atoms with E-state index in [1.54, 1.807) is 12.1 Å². The summed E-state index contributed by atoms with van der Waals surface area (Å²) >= 11 is 0. The Morgan fingerprint density at radius 1 is 1.15 bits per heavy atom. The Morgan fingerprint density at radius 3 is 2.42 bits per heavy atom. The zero-order chi connectivity index (χ0) is 19.2. The van der Waals surface area contributed by atoms with Crippen LogP contribution in [0.25, 0.3) is 0 Å². The van der Waals surface area contributed by atoms with Gasteiger partial charge in [-0.2, -0.15) is 4.13 Å². The van der Waals surface area contributed by atoms with Crippen molar-refractivity contribution in [2.45, 2.75) is 25.2 Å². The van der Waals surface area contributed by atoms with Crippen molar-refractivity contribution in [2.24, 2.45) is 4.13 Å². The maximum atomic E-state index is 13.3. The molecule has 0 bridgehead atoms. The third-order valence-corrected chi connectivity index (χ3v) is 7.92. The molecule has 0 saturated carbocycles. The maximum absolute atomic E-state index is 13.3. The van der Waals surface area contributed by atoms with Crippen LogP contribution < -0.4 is 15.3 Å². The number of rotatable bonds is 6. The zero-order valence-corrected chi connectivity index (χ0v) is 18.2. The summed E-state index contributed by atoms with van der Waals surface area (Å²) in [5, 5.41) is 3.98. The van der Waals surface area contributed by atoms with Crippen LogP contribution in [0.4, 0.5) is 10.5 Å². The minimum absolute atomic E-state index is 0.103. The number of amides is 2. The fourth-order valence-corrected chi connectivity index (χ4v) is 5.79. The van der Waals surface area contributed by atoms with Crippen molar-refractivity contribution in [2.75, 3.05) is 18.6 Å². The molecule has 2 amide bonds. The first-order valence-electron chi connectivity index (χ1n) is 8.31. The minimum Gasteiger partial charge on any atom is -0.306 e. The summed E-state index contributed by atoms with van der Waals surface area (Å²) in [5.74, 6) is 0. The molecule has 140 valence electrons. The van der Waals surface area contributed by atoms with Gasteiger partial charge in [0.25, 0.3) is 0 Å². The van der Waals surface area contributed by atoms with E-state index in [1.165, 1.54) is 0 Å². The lowest BCUT2D eigenvalue weighted by atomic mass is 10.1. The van der Waals surface area contributed by atoms with Crippen LogP contribution in [0.3, 0.4) is 0 Å². The van der Waals surface area contributed by atoms with Crippen LogP contribution in [0.15, 0.2) is 51.5 Å². The Balaban J connectivity index is 2.31. The second-order valence-electron chi connectivity index (χ2n) is 5.65. The number of carbonyl (C=O) groups is 1. The SMILES string of the molecule is CCc1cccc(PC)c1NC(=O)NS(=O)(=NPC)c1ccc(C)cc1. The molecule has 2 aromatic carbocycles. The van der Waals surface area contributed by atoms with Gasteiger partial charge in [0, 0.05) is 8.73 Å². The van der Waals surface area contributed by atoms with E-state index >= 15 is 0 Å². The van der Waals surface area contributed by atoms with E-state index in [0.29, 0.717) is 13.5 Å². The largest absolute Gasteiger partial charge is 0.331 e. The number of nitrogens with one attached hydrogen (secondary N) is 2. The first-order valence-corrected chi connectivity index (χ1v) is 12.8. The molecule has 0 heterocycles. The number of benzene rings is 2. The Morgan fingerprint density at radius 2 is 1.85 bits per heavy atom. The highest BCUT2D eigenvalue weighted by Gasteiger charge is 2.17. The predicted molar refractivity (Wildman–Crippen MR) is 116 cm³/mol. The summed E-state index contributed by atoms with van der Waals surface area (Å²) in [6.45, 7) is 7.90. The third kappa shape index (κ3) is 5.03. The lowest BCUT2D eigenvalue weighted by Crippen LogP contribution is -2.35. The van der Waals surface area contributed by atoms with E-state index in [2.05, 4.69) is 20.8 Å². The first-order chi connectivity index (χ1) is 12.4. The number of nitrogens with zero attached hydrogens (tertiary/aromatic N) is 1. The van der Waals surface area contributed by atoms with Crippen molar-refractivity contribution in [1.82, 2.24) is 4.72 Å².